The van der Waals surface area contributed by atoms with Gasteiger partial charge in [-0.25, -0.2) is 0 Å². The van der Waals surface area contributed by atoms with Crippen molar-refractivity contribution in [2.45, 2.75) is 37.7 Å². The summed E-state index contributed by atoms with van der Waals surface area (Å²) < 4.78 is 10.9. The van der Waals surface area contributed by atoms with Crippen molar-refractivity contribution in [3.05, 3.63) is 53.9 Å². The normalized spacial score (nSPS) is 24.9. The molecule has 1 aliphatic carbocycles. The molecule has 26 heavy (non-hydrogen) atoms. The van der Waals surface area contributed by atoms with Gasteiger partial charge in [0, 0.05) is 18.7 Å². The highest BCUT2D eigenvalue weighted by Crippen LogP contribution is 2.28. The van der Waals surface area contributed by atoms with E-state index < -0.39 is 30.3 Å². The lowest BCUT2D eigenvalue weighted by Crippen LogP contribution is -2.43. The molecule has 3 N–H and O–H groups in total. The first-order chi connectivity index (χ1) is 12.5. The molecule has 0 radical (unpaired) electrons. The van der Waals surface area contributed by atoms with Crippen molar-refractivity contribution < 1.29 is 24.5 Å². The van der Waals surface area contributed by atoms with Crippen LogP contribution >= 0.6 is 0 Å². The molecule has 1 aromatic carbocycles. The van der Waals surface area contributed by atoms with Crippen molar-refractivity contribution in [3.63, 3.8) is 0 Å². The minimum Gasteiger partial charge on any atom is -0.497 e. The fraction of sp³-hybridized carbons (Fsp3) is 0.368. The number of amides is 1. The molecule has 0 bridgehead atoms. The van der Waals surface area contributed by atoms with Crippen molar-refractivity contribution >= 4 is 5.91 Å². The first kappa shape index (κ1) is 18.2. The van der Waals surface area contributed by atoms with Crippen molar-refractivity contribution in [2.24, 2.45) is 0 Å². The third kappa shape index (κ3) is 3.95. The average Bonchev–Trinajstić information content (AvgIpc) is 2.90. The molecule has 1 amide bonds. The zero-order chi connectivity index (χ0) is 18.7. The smallest absolute Gasteiger partial charge is 0.270 e. The van der Waals surface area contributed by atoms with Crippen LogP contribution in [0.3, 0.4) is 0 Å². The van der Waals surface area contributed by atoms with Crippen LogP contribution in [0.2, 0.25) is 0 Å². The van der Waals surface area contributed by atoms with Crippen LogP contribution in [0.25, 0.3) is 0 Å². The average molecular weight is 358 g/mol. The Morgan fingerprint density at radius 1 is 1.19 bits per heavy atom. The molecule has 1 aliphatic rings. The molecule has 0 unspecified atom stereocenters. The van der Waals surface area contributed by atoms with E-state index in [-0.39, 0.29) is 12.1 Å². The second-order valence-electron chi connectivity index (χ2n) is 6.35. The highest BCUT2D eigenvalue weighted by molar-refractivity contribution is 5.92. The van der Waals surface area contributed by atoms with Crippen molar-refractivity contribution in [3.8, 4) is 11.5 Å². The van der Waals surface area contributed by atoms with Crippen LogP contribution in [0.1, 0.15) is 22.5 Å². The molecule has 0 spiro atoms. The van der Waals surface area contributed by atoms with Crippen LogP contribution in [-0.2, 0) is 0 Å². The molecule has 3 rings (SSSR count). The third-order valence-corrected chi connectivity index (χ3v) is 4.42. The summed E-state index contributed by atoms with van der Waals surface area (Å²) in [5, 5.41) is 23.2. The van der Waals surface area contributed by atoms with E-state index in [1.54, 1.807) is 49.7 Å². The zero-order valence-electron chi connectivity index (χ0n) is 14.6. The molecule has 4 atom stereocenters. The number of methoxy groups -OCH3 is 1. The van der Waals surface area contributed by atoms with E-state index in [2.05, 4.69) is 10.3 Å². The fourth-order valence-corrected chi connectivity index (χ4v) is 2.94. The number of carbonyl (C=O) groups is 1. The van der Waals surface area contributed by atoms with E-state index in [9.17, 15) is 15.0 Å². The van der Waals surface area contributed by atoms with Gasteiger partial charge in [0.25, 0.3) is 5.91 Å². The minimum absolute atomic E-state index is 0.259. The molecule has 1 saturated carbocycles. The number of hydrogen-bond donors (Lipinski definition) is 3. The molecule has 1 aromatic heterocycles. The van der Waals surface area contributed by atoms with Crippen LogP contribution in [0.4, 0.5) is 0 Å². The van der Waals surface area contributed by atoms with Gasteiger partial charge in [-0.3, -0.25) is 9.78 Å². The Bertz CT molecular complexity index is 765. The van der Waals surface area contributed by atoms with Gasteiger partial charge < -0.3 is 25.0 Å². The molecule has 7 nitrogen and oxygen atoms in total. The Kier molecular flexibility index (Phi) is 5.39. The minimum atomic E-state index is -1.12. The summed E-state index contributed by atoms with van der Waals surface area (Å²) in [4.78, 5) is 16.4. The Morgan fingerprint density at radius 3 is 2.65 bits per heavy atom. The number of nitrogens with zero attached hydrogens (tertiary/aromatic N) is 1. The number of aromatic nitrogens is 1. The number of benzene rings is 1. The van der Waals surface area contributed by atoms with Gasteiger partial charge >= 0.3 is 0 Å². The van der Waals surface area contributed by atoms with Crippen molar-refractivity contribution in [1.82, 2.24) is 10.3 Å². The predicted molar refractivity (Wildman–Crippen MR) is 94.3 cm³/mol. The van der Waals surface area contributed by atoms with Crippen LogP contribution in [0, 0.1) is 6.92 Å². The van der Waals surface area contributed by atoms with E-state index in [0.717, 1.165) is 5.56 Å². The lowest BCUT2D eigenvalue weighted by molar-refractivity contribution is -0.0135. The number of nitrogens with one attached hydrogen (secondary N) is 1. The lowest BCUT2D eigenvalue weighted by atomic mass is 10.2. The van der Waals surface area contributed by atoms with E-state index in [1.807, 2.05) is 6.92 Å². The highest BCUT2D eigenvalue weighted by atomic mass is 16.5. The fourth-order valence-electron chi connectivity index (χ4n) is 2.94. The number of hydrogen-bond acceptors (Lipinski definition) is 6. The second-order valence-corrected chi connectivity index (χ2v) is 6.35. The van der Waals surface area contributed by atoms with Crippen LogP contribution in [-0.4, -0.2) is 52.6 Å². The van der Waals surface area contributed by atoms with E-state index >= 15 is 0 Å². The zero-order valence-corrected chi connectivity index (χ0v) is 14.6. The summed E-state index contributed by atoms with van der Waals surface area (Å²) in [5.41, 5.74) is 1.21. The maximum atomic E-state index is 12.3. The molecule has 0 aliphatic heterocycles. The molecule has 1 heterocycles. The maximum absolute atomic E-state index is 12.3. The lowest BCUT2D eigenvalue weighted by Gasteiger charge is -2.18. The standard InChI is InChI=1S/C19H22N2O5/c1-11-6-7-14(20-10-11)19(24)21-15-9-16(18(23)17(15)22)26-13-5-3-4-12(8-13)25-2/h3-8,10,15-18,22-23H,9H2,1-2H3,(H,21,24)/t15-,16-,17+,18+/m1/s1. The summed E-state index contributed by atoms with van der Waals surface area (Å²) in [5.74, 6) is 0.752. The number of aliphatic hydroxyl groups excluding tert-OH is 2. The quantitative estimate of drug-likeness (QED) is 0.739. The van der Waals surface area contributed by atoms with Gasteiger partial charge in [0.05, 0.1) is 13.2 Å². The van der Waals surface area contributed by atoms with Crippen LogP contribution < -0.4 is 14.8 Å². The molecule has 138 valence electrons. The Labute approximate surface area is 151 Å². The molecule has 7 heteroatoms. The highest BCUT2D eigenvalue weighted by Gasteiger charge is 2.43. The summed E-state index contributed by atoms with van der Waals surface area (Å²) >= 11 is 0. The van der Waals surface area contributed by atoms with Crippen LogP contribution in [0.5, 0.6) is 11.5 Å². The van der Waals surface area contributed by atoms with Gasteiger partial charge in [-0.15, -0.1) is 0 Å². The first-order valence-corrected chi connectivity index (χ1v) is 8.38. The maximum Gasteiger partial charge on any atom is 0.270 e. The summed E-state index contributed by atoms with van der Waals surface area (Å²) in [6.07, 6.45) is -1.01. The monoisotopic (exact) mass is 358 g/mol. The van der Waals surface area contributed by atoms with E-state index in [1.165, 1.54) is 0 Å². The number of aryl methyl sites for hydroxylation is 1. The molecular formula is C19H22N2O5. The summed E-state index contributed by atoms with van der Waals surface area (Å²) in [7, 11) is 1.55. The van der Waals surface area contributed by atoms with Crippen LogP contribution in [0.15, 0.2) is 42.6 Å². The van der Waals surface area contributed by atoms with Crippen molar-refractivity contribution in [2.75, 3.05) is 7.11 Å². The van der Waals surface area contributed by atoms with Gasteiger partial charge in [0.15, 0.2) is 0 Å². The number of ether oxygens (including phenoxy) is 2. The number of rotatable bonds is 5. The van der Waals surface area contributed by atoms with Gasteiger partial charge in [0.1, 0.15) is 35.5 Å². The number of carbonyl (C=O) groups excluding carboxylic acids is 1. The van der Waals surface area contributed by atoms with Gasteiger partial charge in [-0.1, -0.05) is 12.1 Å². The summed E-state index contributed by atoms with van der Waals surface area (Å²) in [6.45, 7) is 1.88. The molecule has 0 saturated heterocycles. The number of aliphatic hydroxyl groups is 2. The number of pyridine rings is 1. The van der Waals surface area contributed by atoms with Crippen molar-refractivity contribution in [1.29, 1.82) is 0 Å². The van der Waals surface area contributed by atoms with Gasteiger partial charge in [-0.05, 0) is 30.7 Å². The Morgan fingerprint density at radius 2 is 1.96 bits per heavy atom. The third-order valence-electron chi connectivity index (χ3n) is 4.42. The van der Waals surface area contributed by atoms with Gasteiger partial charge in [0.2, 0.25) is 0 Å². The Balaban J connectivity index is 1.65. The summed E-state index contributed by atoms with van der Waals surface area (Å²) in [6, 6.07) is 9.77. The van der Waals surface area contributed by atoms with E-state index in [0.29, 0.717) is 11.5 Å². The molecular weight excluding hydrogens is 336 g/mol. The Hall–Kier alpha value is -2.64. The largest absolute Gasteiger partial charge is 0.497 e. The van der Waals surface area contributed by atoms with Gasteiger partial charge in [-0.2, -0.15) is 0 Å². The predicted octanol–water partition coefficient (Wildman–Crippen LogP) is 1.07. The first-order valence-electron chi connectivity index (χ1n) is 8.38. The molecule has 1 fully saturated rings. The molecule has 2 aromatic rings. The second kappa shape index (κ2) is 7.72. The topological polar surface area (TPSA) is 101 Å². The van der Waals surface area contributed by atoms with E-state index in [4.69, 9.17) is 9.47 Å². The SMILES string of the molecule is COc1cccc(O[C@@H]2C[C@@H](NC(=O)c3ccc(C)cn3)[C@H](O)[C@H]2O)c1.